The second kappa shape index (κ2) is 7.42. The fourth-order valence-electron chi connectivity index (χ4n) is 2.75. The van der Waals surface area contributed by atoms with E-state index in [-0.39, 0.29) is 27.3 Å². The first-order valence-electron chi connectivity index (χ1n) is 8.07. The molecule has 1 heterocycles. The molecule has 2 aromatic carbocycles. The lowest BCUT2D eigenvalue weighted by molar-refractivity contribution is 0.103. The Balaban J connectivity index is 2.29. The molecular weight excluding hydrogens is 359 g/mol. The van der Waals surface area contributed by atoms with E-state index < -0.39 is 5.43 Å². The summed E-state index contributed by atoms with van der Waals surface area (Å²) in [6, 6.07) is 11.7. The normalized spacial score (nSPS) is 11.0. The van der Waals surface area contributed by atoms with Gasteiger partial charge in [-0.1, -0.05) is 66.9 Å². The van der Waals surface area contributed by atoms with Gasteiger partial charge in [0.1, 0.15) is 11.3 Å². The number of hydrogen-bond acceptors (Lipinski definition) is 3. The minimum atomic E-state index is -0.398. The maximum absolute atomic E-state index is 13.0. The molecule has 0 aliphatic carbocycles. The predicted molar refractivity (Wildman–Crippen MR) is 101 cm³/mol. The van der Waals surface area contributed by atoms with E-state index in [9.17, 15) is 9.59 Å². The summed E-state index contributed by atoms with van der Waals surface area (Å²) in [5.41, 5.74) is 0.378. The molecule has 3 rings (SSSR count). The van der Waals surface area contributed by atoms with Crippen molar-refractivity contribution in [3.63, 3.8) is 0 Å². The molecule has 5 heteroatoms. The molecule has 0 aliphatic rings. The fraction of sp³-hybridized carbons (Fsp3) is 0.200. The highest BCUT2D eigenvalue weighted by Gasteiger charge is 2.23. The maximum atomic E-state index is 13.0. The van der Waals surface area contributed by atoms with Gasteiger partial charge in [-0.3, -0.25) is 9.59 Å². The first-order valence-corrected chi connectivity index (χ1v) is 8.83. The van der Waals surface area contributed by atoms with E-state index in [1.165, 1.54) is 12.1 Å². The van der Waals surface area contributed by atoms with Crippen LogP contribution < -0.4 is 5.43 Å². The van der Waals surface area contributed by atoms with Crippen LogP contribution in [0.2, 0.25) is 10.0 Å². The standard InChI is InChI=1S/C20H16Cl2O3/c1-2-3-9-16-17(18(23)12-7-5-4-6-8-12)19(24)14-10-13(21)11-15(22)20(14)25-16/h4-8,10-11H,2-3,9H2,1H3. The Kier molecular flexibility index (Phi) is 5.26. The van der Waals surface area contributed by atoms with Gasteiger partial charge in [-0.15, -0.1) is 0 Å². The molecule has 0 fully saturated rings. The first kappa shape index (κ1) is 17.7. The van der Waals surface area contributed by atoms with Crippen molar-refractivity contribution in [2.75, 3.05) is 0 Å². The predicted octanol–water partition coefficient (Wildman–Crippen LogP) is 5.67. The monoisotopic (exact) mass is 374 g/mol. The van der Waals surface area contributed by atoms with E-state index in [2.05, 4.69) is 0 Å². The summed E-state index contributed by atoms with van der Waals surface area (Å²) in [4.78, 5) is 26.0. The van der Waals surface area contributed by atoms with Crippen molar-refractivity contribution in [3.05, 3.63) is 79.6 Å². The van der Waals surface area contributed by atoms with E-state index >= 15 is 0 Å². The summed E-state index contributed by atoms with van der Waals surface area (Å²) in [5.74, 6) is 0.0240. The van der Waals surface area contributed by atoms with Gasteiger partial charge in [0.2, 0.25) is 5.43 Å². The van der Waals surface area contributed by atoms with Gasteiger partial charge >= 0.3 is 0 Å². The number of ketones is 1. The molecule has 0 aliphatic heterocycles. The van der Waals surface area contributed by atoms with Crippen LogP contribution in [0.5, 0.6) is 0 Å². The van der Waals surface area contributed by atoms with Crippen molar-refractivity contribution in [1.82, 2.24) is 0 Å². The maximum Gasteiger partial charge on any atom is 0.204 e. The molecule has 128 valence electrons. The molecule has 25 heavy (non-hydrogen) atoms. The van der Waals surface area contributed by atoms with Crippen molar-refractivity contribution in [2.45, 2.75) is 26.2 Å². The highest BCUT2D eigenvalue weighted by atomic mass is 35.5. The van der Waals surface area contributed by atoms with Gasteiger partial charge in [0, 0.05) is 17.0 Å². The first-order chi connectivity index (χ1) is 12.0. The third-order valence-corrected chi connectivity index (χ3v) is 4.50. The SMILES string of the molecule is CCCCc1oc2c(Cl)cc(Cl)cc2c(=O)c1C(=O)c1ccccc1. The van der Waals surface area contributed by atoms with Crippen LogP contribution in [0.1, 0.15) is 41.4 Å². The van der Waals surface area contributed by atoms with Crippen LogP contribution in [0.25, 0.3) is 11.0 Å². The van der Waals surface area contributed by atoms with Crippen molar-refractivity contribution < 1.29 is 9.21 Å². The third kappa shape index (κ3) is 3.48. The van der Waals surface area contributed by atoms with Crippen molar-refractivity contribution in [2.24, 2.45) is 0 Å². The zero-order valence-electron chi connectivity index (χ0n) is 13.6. The molecule has 3 nitrogen and oxygen atoms in total. The van der Waals surface area contributed by atoms with E-state index in [0.717, 1.165) is 12.8 Å². The zero-order valence-corrected chi connectivity index (χ0v) is 15.2. The molecule has 0 unspecified atom stereocenters. The summed E-state index contributed by atoms with van der Waals surface area (Å²) in [6.07, 6.45) is 2.21. The lowest BCUT2D eigenvalue weighted by Crippen LogP contribution is -2.19. The number of hydrogen-bond donors (Lipinski definition) is 0. The van der Waals surface area contributed by atoms with Crippen LogP contribution in [0.3, 0.4) is 0 Å². The quantitative estimate of drug-likeness (QED) is 0.540. The molecular formula is C20H16Cl2O3. The van der Waals surface area contributed by atoms with Crippen molar-refractivity contribution >= 4 is 40.0 Å². The summed E-state index contributed by atoms with van der Waals surface area (Å²) in [6.45, 7) is 2.03. The molecule has 0 N–H and O–H groups in total. The van der Waals surface area contributed by atoms with Crippen LogP contribution >= 0.6 is 23.2 Å². The molecule has 1 aromatic heterocycles. The number of carbonyl (C=O) groups is 1. The minimum Gasteiger partial charge on any atom is -0.458 e. The fourth-order valence-corrected chi connectivity index (χ4v) is 3.28. The van der Waals surface area contributed by atoms with Crippen molar-refractivity contribution in [3.8, 4) is 0 Å². The van der Waals surface area contributed by atoms with Crippen LogP contribution in [0.4, 0.5) is 0 Å². The molecule has 0 bridgehead atoms. The Morgan fingerprint density at radius 1 is 1.12 bits per heavy atom. The number of carbonyl (C=O) groups excluding carboxylic acids is 1. The molecule has 0 saturated carbocycles. The summed E-state index contributed by atoms with van der Waals surface area (Å²) >= 11 is 12.2. The minimum absolute atomic E-state index is 0.0606. The topological polar surface area (TPSA) is 47.3 Å². The number of rotatable bonds is 5. The smallest absolute Gasteiger partial charge is 0.204 e. The third-order valence-electron chi connectivity index (χ3n) is 4.00. The van der Waals surface area contributed by atoms with Gasteiger partial charge in [-0.05, 0) is 18.6 Å². The number of benzene rings is 2. The molecule has 0 spiro atoms. The average molecular weight is 375 g/mol. The highest BCUT2D eigenvalue weighted by molar-refractivity contribution is 6.38. The number of fused-ring (bicyclic) bond motifs is 1. The van der Waals surface area contributed by atoms with Gasteiger partial charge in [-0.2, -0.15) is 0 Å². The van der Waals surface area contributed by atoms with Crippen LogP contribution in [0.15, 0.2) is 51.7 Å². The van der Waals surface area contributed by atoms with Gasteiger partial charge in [0.05, 0.1) is 10.4 Å². The average Bonchev–Trinajstić information content (AvgIpc) is 2.61. The van der Waals surface area contributed by atoms with Crippen LogP contribution in [-0.4, -0.2) is 5.78 Å². The van der Waals surface area contributed by atoms with E-state index in [0.29, 0.717) is 22.8 Å². The summed E-state index contributed by atoms with van der Waals surface area (Å²) in [5, 5.41) is 0.803. The van der Waals surface area contributed by atoms with Gasteiger partial charge in [0.25, 0.3) is 0 Å². The van der Waals surface area contributed by atoms with Crippen molar-refractivity contribution in [1.29, 1.82) is 0 Å². The van der Waals surface area contributed by atoms with E-state index in [1.54, 1.807) is 24.3 Å². The number of halogens is 2. The number of aryl methyl sites for hydroxylation is 1. The zero-order chi connectivity index (χ0) is 18.0. The Bertz CT molecular complexity index is 991. The molecule has 0 saturated heterocycles. The van der Waals surface area contributed by atoms with E-state index in [1.807, 2.05) is 13.0 Å². The lowest BCUT2D eigenvalue weighted by Gasteiger charge is -2.10. The van der Waals surface area contributed by atoms with Gasteiger partial charge in [0.15, 0.2) is 11.4 Å². The Morgan fingerprint density at radius 3 is 2.52 bits per heavy atom. The Hall–Kier alpha value is -2.10. The second-order valence-electron chi connectivity index (χ2n) is 5.79. The van der Waals surface area contributed by atoms with E-state index in [4.69, 9.17) is 27.6 Å². The van der Waals surface area contributed by atoms with Crippen LogP contribution in [-0.2, 0) is 6.42 Å². The van der Waals surface area contributed by atoms with Gasteiger partial charge in [-0.25, -0.2) is 0 Å². The molecule has 0 radical (unpaired) electrons. The molecule has 0 amide bonds. The summed E-state index contributed by atoms with van der Waals surface area (Å²) < 4.78 is 5.89. The highest BCUT2D eigenvalue weighted by Crippen LogP contribution is 2.29. The van der Waals surface area contributed by atoms with Crippen LogP contribution in [0, 0.1) is 0 Å². The summed E-state index contributed by atoms with van der Waals surface area (Å²) in [7, 11) is 0. The second-order valence-corrected chi connectivity index (χ2v) is 6.64. The van der Waals surface area contributed by atoms with Gasteiger partial charge < -0.3 is 4.42 Å². The number of unbranched alkanes of at least 4 members (excludes halogenated alkanes) is 1. The molecule has 0 atom stereocenters. The Labute approximate surface area is 155 Å². The lowest BCUT2D eigenvalue weighted by atomic mass is 9.98. The molecule has 3 aromatic rings. The Morgan fingerprint density at radius 2 is 1.84 bits per heavy atom. The largest absolute Gasteiger partial charge is 0.458 e.